The van der Waals surface area contributed by atoms with Gasteiger partial charge in [-0.1, -0.05) is 60.7 Å². The third-order valence-electron chi connectivity index (χ3n) is 4.49. The second kappa shape index (κ2) is 8.85. The summed E-state index contributed by atoms with van der Waals surface area (Å²) in [5.74, 6) is 0.768. The van der Waals surface area contributed by atoms with Gasteiger partial charge in [-0.3, -0.25) is 9.65 Å². The highest BCUT2D eigenvalue weighted by molar-refractivity contribution is 7.76. The van der Waals surface area contributed by atoms with Gasteiger partial charge in [0.15, 0.2) is 0 Å². The summed E-state index contributed by atoms with van der Waals surface area (Å²) in [4.78, 5) is 0. The van der Waals surface area contributed by atoms with Crippen LogP contribution in [0, 0.1) is 0 Å². The van der Waals surface area contributed by atoms with Crippen molar-refractivity contribution < 1.29 is 9.30 Å². The average Bonchev–Trinajstić information content (AvgIpc) is 2.74. The maximum atomic E-state index is 14.3. The molecule has 0 fully saturated rings. The summed E-state index contributed by atoms with van der Waals surface area (Å²) in [6.45, 7) is 3.89. The van der Waals surface area contributed by atoms with Gasteiger partial charge in [0.25, 0.3) is 0 Å². The fourth-order valence-corrected chi connectivity index (χ4v) is 5.63. The quantitative estimate of drug-likeness (QED) is 0.451. The SMILES string of the molecule is C=CC[C@H](NP(=O)(c1ccccc1)c1ccccc1)c1ccccc1OC. The summed E-state index contributed by atoms with van der Waals surface area (Å²) < 4.78 is 19.8. The molecule has 0 unspecified atom stereocenters. The first kappa shape index (κ1) is 19.2. The van der Waals surface area contributed by atoms with Gasteiger partial charge in [0.2, 0.25) is 7.29 Å². The molecule has 3 nitrogen and oxygen atoms in total. The van der Waals surface area contributed by atoms with E-state index in [1.165, 1.54) is 0 Å². The topological polar surface area (TPSA) is 38.3 Å². The van der Waals surface area contributed by atoms with Gasteiger partial charge < -0.3 is 4.74 Å². The van der Waals surface area contributed by atoms with Crippen molar-refractivity contribution in [2.75, 3.05) is 7.11 Å². The number of para-hydroxylation sites is 1. The lowest BCUT2D eigenvalue weighted by atomic mass is 10.0. The molecule has 27 heavy (non-hydrogen) atoms. The molecule has 0 amide bonds. The summed E-state index contributed by atoms with van der Waals surface area (Å²) in [5, 5.41) is 5.02. The molecule has 1 N–H and O–H groups in total. The zero-order chi connectivity index (χ0) is 19.1. The Labute approximate surface area is 161 Å². The molecule has 138 valence electrons. The van der Waals surface area contributed by atoms with E-state index in [2.05, 4.69) is 11.7 Å². The van der Waals surface area contributed by atoms with Crippen molar-refractivity contribution in [2.45, 2.75) is 12.5 Å². The van der Waals surface area contributed by atoms with E-state index >= 15 is 0 Å². The smallest absolute Gasteiger partial charge is 0.205 e. The van der Waals surface area contributed by atoms with Gasteiger partial charge >= 0.3 is 0 Å². The molecule has 3 aromatic carbocycles. The monoisotopic (exact) mass is 377 g/mol. The van der Waals surface area contributed by atoms with Gasteiger partial charge in [-0.15, -0.1) is 6.58 Å². The first-order valence-electron chi connectivity index (χ1n) is 8.92. The van der Waals surface area contributed by atoms with Crippen molar-refractivity contribution in [1.29, 1.82) is 0 Å². The summed E-state index contributed by atoms with van der Waals surface area (Å²) in [5.41, 5.74) is 0.965. The van der Waals surface area contributed by atoms with Gasteiger partial charge in [-0.2, -0.15) is 0 Å². The highest BCUT2D eigenvalue weighted by atomic mass is 31.2. The van der Waals surface area contributed by atoms with Crippen LogP contribution in [0.15, 0.2) is 97.6 Å². The van der Waals surface area contributed by atoms with Crippen LogP contribution in [0.5, 0.6) is 5.75 Å². The maximum absolute atomic E-state index is 14.3. The molecule has 0 aliphatic carbocycles. The first-order chi connectivity index (χ1) is 13.2. The number of nitrogens with one attached hydrogen (secondary N) is 1. The zero-order valence-electron chi connectivity index (χ0n) is 15.4. The van der Waals surface area contributed by atoms with Crippen molar-refractivity contribution in [1.82, 2.24) is 5.09 Å². The predicted molar refractivity (Wildman–Crippen MR) is 113 cm³/mol. The highest BCUT2D eigenvalue weighted by Crippen LogP contribution is 2.43. The molecular formula is C23H24NO2P. The minimum atomic E-state index is -3.06. The number of hydrogen-bond donors (Lipinski definition) is 1. The predicted octanol–water partition coefficient (Wildman–Crippen LogP) is 4.83. The third kappa shape index (κ3) is 4.21. The standard InChI is InChI=1S/C23H24NO2P/c1-3-12-22(21-17-10-11-18-23(21)26-2)24-27(25,19-13-6-4-7-14-19)20-15-8-5-9-16-20/h3-11,13-18,22H,1,12H2,2H3,(H,24,25)/t22-/m0/s1. The summed E-state index contributed by atoms with van der Waals surface area (Å²) in [6.07, 6.45) is 2.47. The Morgan fingerprint density at radius 2 is 1.44 bits per heavy atom. The van der Waals surface area contributed by atoms with E-state index in [4.69, 9.17) is 4.74 Å². The van der Waals surface area contributed by atoms with E-state index in [0.29, 0.717) is 6.42 Å². The van der Waals surface area contributed by atoms with Crippen molar-refractivity contribution in [2.24, 2.45) is 0 Å². The van der Waals surface area contributed by atoms with Gasteiger partial charge in [0.1, 0.15) is 5.75 Å². The normalized spacial score (nSPS) is 12.3. The van der Waals surface area contributed by atoms with E-state index < -0.39 is 7.29 Å². The molecule has 0 bridgehead atoms. The van der Waals surface area contributed by atoms with Gasteiger partial charge in [-0.05, 0) is 36.8 Å². The van der Waals surface area contributed by atoms with Crippen LogP contribution < -0.4 is 20.4 Å². The van der Waals surface area contributed by atoms with Crippen LogP contribution in [0.2, 0.25) is 0 Å². The number of rotatable bonds is 8. The maximum Gasteiger partial charge on any atom is 0.205 e. The second-order valence-corrected chi connectivity index (χ2v) is 8.74. The molecule has 0 spiro atoms. The van der Waals surface area contributed by atoms with Crippen LogP contribution in [0.1, 0.15) is 18.0 Å². The van der Waals surface area contributed by atoms with Crippen molar-refractivity contribution in [3.05, 3.63) is 103 Å². The van der Waals surface area contributed by atoms with Crippen LogP contribution in [-0.4, -0.2) is 7.11 Å². The largest absolute Gasteiger partial charge is 0.496 e. The number of methoxy groups -OCH3 is 1. The molecular weight excluding hydrogens is 353 g/mol. The Morgan fingerprint density at radius 3 is 1.96 bits per heavy atom. The van der Waals surface area contributed by atoms with Crippen molar-refractivity contribution >= 4 is 17.9 Å². The van der Waals surface area contributed by atoms with Gasteiger partial charge in [0, 0.05) is 22.2 Å². The molecule has 0 saturated carbocycles. The second-order valence-electron chi connectivity index (χ2n) is 6.23. The van der Waals surface area contributed by atoms with E-state index in [0.717, 1.165) is 21.9 Å². The summed E-state index contributed by atoms with van der Waals surface area (Å²) in [7, 11) is -1.41. The van der Waals surface area contributed by atoms with E-state index in [1.54, 1.807) is 7.11 Å². The minimum absolute atomic E-state index is 0.190. The fraction of sp³-hybridized carbons (Fsp3) is 0.130. The Hall–Kier alpha value is -2.61. The summed E-state index contributed by atoms with van der Waals surface area (Å²) >= 11 is 0. The molecule has 1 atom stereocenters. The Balaban J connectivity index is 2.09. The lowest BCUT2D eigenvalue weighted by Gasteiger charge is -2.27. The number of hydrogen-bond acceptors (Lipinski definition) is 2. The van der Waals surface area contributed by atoms with Crippen LogP contribution in [-0.2, 0) is 4.57 Å². The third-order valence-corrected chi connectivity index (χ3v) is 7.22. The first-order valence-corrected chi connectivity index (χ1v) is 10.6. The Bertz CT molecular complexity index is 882. The molecule has 0 aromatic heterocycles. The fourth-order valence-electron chi connectivity index (χ4n) is 3.16. The minimum Gasteiger partial charge on any atom is -0.496 e. The molecule has 0 radical (unpaired) electrons. The van der Waals surface area contributed by atoms with Crippen LogP contribution in [0.25, 0.3) is 0 Å². The average molecular weight is 377 g/mol. The Kier molecular flexibility index (Phi) is 6.28. The number of ether oxygens (including phenoxy) is 1. The molecule has 0 aliphatic rings. The lowest BCUT2D eigenvalue weighted by molar-refractivity contribution is 0.404. The molecule has 0 saturated heterocycles. The molecule has 0 aliphatic heterocycles. The van der Waals surface area contributed by atoms with E-state index in [1.807, 2.05) is 91.0 Å². The molecule has 3 rings (SSSR count). The van der Waals surface area contributed by atoms with Crippen molar-refractivity contribution in [3.8, 4) is 5.75 Å². The van der Waals surface area contributed by atoms with E-state index in [-0.39, 0.29) is 6.04 Å². The highest BCUT2D eigenvalue weighted by Gasteiger charge is 2.31. The Morgan fingerprint density at radius 1 is 0.926 bits per heavy atom. The molecule has 3 aromatic rings. The van der Waals surface area contributed by atoms with Crippen LogP contribution in [0.4, 0.5) is 0 Å². The zero-order valence-corrected chi connectivity index (χ0v) is 16.3. The lowest BCUT2D eigenvalue weighted by Crippen LogP contribution is -2.30. The van der Waals surface area contributed by atoms with Crippen LogP contribution >= 0.6 is 7.29 Å². The number of benzene rings is 3. The summed E-state index contributed by atoms with van der Waals surface area (Å²) in [6, 6.07) is 26.8. The van der Waals surface area contributed by atoms with Crippen molar-refractivity contribution in [3.63, 3.8) is 0 Å². The molecule has 4 heteroatoms. The van der Waals surface area contributed by atoms with Gasteiger partial charge in [-0.25, -0.2) is 0 Å². The molecule has 0 heterocycles. The van der Waals surface area contributed by atoms with Crippen LogP contribution in [0.3, 0.4) is 0 Å². The van der Waals surface area contributed by atoms with E-state index in [9.17, 15) is 4.57 Å². The van der Waals surface area contributed by atoms with Gasteiger partial charge in [0.05, 0.1) is 7.11 Å².